The molecule has 0 fully saturated rings. The summed E-state index contributed by atoms with van der Waals surface area (Å²) in [6.07, 6.45) is 20.4. The third-order valence-electron chi connectivity index (χ3n) is 4.29. The molecule has 0 saturated carbocycles. The number of unbranched alkanes of at least 4 members (excludes halogenated alkanes) is 15. The maximum absolute atomic E-state index is 10.2. The molecule has 22 heavy (non-hydrogen) atoms. The Kier molecular flexibility index (Phi) is 17.9. The van der Waals surface area contributed by atoms with Gasteiger partial charge in [-0.15, -0.1) is 0 Å². The van der Waals surface area contributed by atoms with Gasteiger partial charge in [0.2, 0.25) is 6.54 Å². The Bertz CT molecular complexity index is 235. The van der Waals surface area contributed by atoms with Crippen molar-refractivity contribution >= 4 is 0 Å². The van der Waals surface area contributed by atoms with Gasteiger partial charge in [-0.25, -0.2) is 0 Å². The van der Waals surface area contributed by atoms with Gasteiger partial charge in [-0.1, -0.05) is 83.5 Å². The molecule has 0 aromatic carbocycles. The van der Waals surface area contributed by atoms with Crippen LogP contribution in [0.25, 0.3) is 0 Å². The average molecular weight is 315 g/mol. The minimum absolute atomic E-state index is 0.146. The summed E-state index contributed by atoms with van der Waals surface area (Å²) >= 11 is 0. The van der Waals surface area contributed by atoms with Crippen molar-refractivity contribution in [3.63, 3.8) is 0 Å². The summed E-state index contributed by atoms with van der Waals surface area (Å²) < 4.78 is 0. The van der Waals surface area contributed by atoms with Crippen LogP contribution in [-0.2, 0) is 0 Å². The summed E-state index contributed by atoms with van der Waals surface area (Å²) in [6.45, 7) is 0.992. The predicted octanol–water partition coefficient (Wildman–Crippen LogP) is 5.46. The topological polar surface area (TPSA) is 69.2 Å². The molecule has 0 amide bonds. The minimum atomic E-state index is -0.208. The molecule has 0 spiro atoms. The van der Waals surface area contributed by atoms with E-state index in [9.17, 15) is 10.1 Å². The normalized spacial score (nSPS) is 11.0. The van der Waals surface area contributed by atoms with Crippen molar-refractivity contribution in [1.29, 1.82) is 0 Å². The van der Waals surface area contributed by atoms with Gasteiger partial charge in [-0.05, 0) is 19.4 Å². The first-order valence-electron chi connectivity index (χ1n) is 9.59. The molecule has 0 saturated heterocycles. The lowest BCUT2D eigenvalue weighted by atomic mass is 10.0. The van der Waals surface area contributed by atoms with Crippen molar-refractivity contribution in [3.05, 3.63) is 10.1 Å². The SMILES string of the molecule is NCCCCCCCCCCCCCCCCCC[N+](=O)[O-]. The predicted molar refractivity (Wildman–Crippen MR) is 94.8 cm³/mol. The molecule has 0 atom stereocenters. The first-order valence-corrected chi connectivity index (χ1v) is 9.59. The summed E-state index contributed by atoms with van der Waals surface area (Å²) in [6, 6.07) is 0. The van der Waals surface area contributed by atoms with Gasteiger partial charge in [-0.2, -0.15) is 0 Å². The van der Waals surface area contributed by atoms with E-state index in [0.717, 1.165) is 25.8 Å². The van der Waals surface area contributed by atoms with Gasteiger partial charge in [0.05, 0.1) is 0 Å². The van der Waals surface area contributed by atoms with Crippen molar-refractivity contribution in [2.24, 2.45) is 5.73 Å². The highest BCUT2D eigenvalue weighted by molar-refractivity contribution is 4.50. The van der Waals surface area contributed by atoms with Crippen LogP contribution in [0.3, 0.4) is 0 Å². The lowest BCUT2D eigenvalue weighted by molar-refractivity contribution is -0.480. The second-order valence-electron chi connectivity index (χ2n) is 6.50. The van der Waals surface area contributed by atoms with Crippen molar-refractivity contribution in [2.45, 2.75) is 103 Å². The fraction of sp³-hybridized carbons (Fsp3) is 1.00. The Morgan fingerprint density at radius 2 is 0.818 bits per heavy atom. The van der Waals surface area contributed by atoms with Gasteiger partial charge in [-0.3, -0.25) is 10.1 Å². The summed E-state index contributed by atoms with van der Waals surface area (Å²) in [4.78, 5) is 9.95. The molecule has 0 aliphatic carbocycles. The van der Waals surface area contributed by atoms with Gasteiger partial charge in [0.15, 0.2) is 0 Å². The number of nitrogens with zero attached hydrogens (tertiary/aromatic N) is 1. The number of hydrogen-bond donors (Lipinski definition) is 1. The zero-order chi connectivity index (χ0) is 16.3. The zero-order valence-corrected chi connectivity index (χ0v) is 14.6. The van der Waals surface area contributed by atoms with E-state index in [4.69, 9.17) is 5.73 Å². The van der Waals surface area contributed by atoms with Crippen molar-refractivity contribution < 1.29 is 4.92 Å². The van der Waals surface area contributed by atoms with Crippen LogP contribution >= 0.6 is 0 Å². The number of hydrogen-bond acceptors (Lipinski definition) is 3. The molecule has 0 aliphatic rings. The highest BCUT2D eigenvalue weighted by Crippen LogP contribution is 2.13. The lowest BCUT2D eigenvalue weighted by Gasteiger charge is -2.03. The van der Waals surface area contributed by atoms with Crippen LogP contribution in [0.2, 0.25) is 0 Å². The van der Waals surface area contributed by atoms with E-state index in [0.29, 0.717) is 0 Å². The molecule has 132 valence electrons. The monoisotopic (exact) mass is 314 g/mol. The van der Waals surface area contributed by atoms with E-state index in [1.165, 1.54) is 83.5 Å². The van der Waals surface area contributed by atoms with Crippen LogP contribution in [0, 0.1) is 10.1 Å². The van der Waals surface area contributed by atoms with E-state index >= 15 is 0 Å². The molecule has 0 rings (SSSR count). The maximum atomic E-state index is 10.2. The average Bonchev–Trinajstić information content (AvgIpc) is 2.50. The van der Waals surface area contributed by atoms with Crippen molar-refractivity contribution in [3.8, 4) is 0 Å². The standard InChI is InChI=1S/C18H38N2O2/c19-17-15-13-11-9-7-5-3-1-2-4-6-8-10-12-14-16-18-20(21)22/h1-19H2. The summed E-state index contributed by atoms with van der Waals surface area (Å²) in [5.74, 6) is 0. The van der Waals surface area contributed by atoms with E-state index in [1.54, 1.807) is 0 Å². The second kappa shape index (κ2) is 18.4. The number of rotatable bonds is 18. The van der Waals surface area contributed by atoms with E-state index in [2.05, 4.69) is 0 Å². The van der Waals surface area contributed by atoms with Crippen LogP contribution in [0.15, 0.2) is 0 Å². The smallest absolute Gasteiger partial charge is 0.203 e. The Labute approximate surface area is 137 Å². The summed E-state index contributed by atoms with van der Waals surface area (Å²) in [7, 11) is 0. The number of nitro groups is 1. The first kappa shape index (κ1) is 21.4. The van der Waals surface area contributed by atoms with Gasteiger partial charge in [0, 0.05) is 11.3 Å². The van der Waals surface area contributed by atoms with Crippen molar-refractivity contribution in [2.75, 3.05) is 13.1 Å². The van der Waals surface area contributed by atoms with Gasteiger partial charge >= 0.3 is 0 Å². The van der Waals surface area contributed by atoms with Gasteiger partial charge in [0.1, 0.15) is 0 Å². The van der Waals surface area contributed by atoms with Gasteiger partial charge in [0.25, 0.3) is 0 Å². The highest BCUT2D eigenvalue weighted by Gasteiger charge is 1.97. The Balaban J connectivity index is 2.95. The third-order valence-corrected chi connectivity index (χ3v) is 4.29. The van der Waals surface area contributed by atoms with Crippen LogP contribution in [0.1, 0.15) is 103 Å². The largest absolute Gasteiger partial charge is 0.330 e. The molecule has 4 heteroatoms. The third kappa shape index (κ3) is 19.4. The zero-order valence-electron chi connectivity index (χ0n) is 14.6. The fourth-order valence-electron chi connectivity index (χ4n) is 2.86. The van der Waals surface area contributed by atoms with E-state index < -0.39 is 0 Å². The summed E-state index contributed by atoms with van der Waals surface area (Å²) in [5.41, 5.74) is 5.48. The quantitative estimate of drug-likeness (QED) is 0.207. The molecule has 0 aromatic rings. The van der Waals surface area contributed by atoms with Gasteiger partial charge < -0.3 is 5.73 Å². The highest BCUT2D eigenvalue weighted by atomic mass is 16.6. The molecule has 0 aromatic heterocycles. The molecular formula is C18H38N2O2. The fourth-order valence-corrected chi connectivity index (χ4v) is 2.86. The molecule has 4 nitrogen and oxygen atoms in total. The lowest BCUT2D eigenvalue weighted by Crippen LogP contribution is -1.99. The molecule has 0 bridgehead atoms. The number of nitrogens with two attached hydrogens (primary N) is 1. The van der Waals surface area contributed by atoms with Crippen LogP contribution in [-0.4, -0.2) is 18.0 Å². The molecule has 0 unspecified atom stereocenters. The molecule has 2 N–H and O–H groups in total. The molecule has 0 aliphatic heterocycles. The Morgan fingerprint density at radius 3 is 1.09 bits per heavy atom. The molecular weight excluding hydrogens is 276 g/mol. The second-order valence-corrected chi connectivity index (χ2v) is 6.50. The minimum Gasteiger partial charge on any atom is -0.330 e. The maximum Gasteiger partial charge on any atom is 0.203 e. The Morgan fingerprint density at radius 1 is 0.545 bits per heavy atom. The molecule has 0 heterocycles. The van der Waals surface area contributed by atoms with E-state index in [1.807, 2.05) is 0 Å². The molecule has 0 radical (unpaired) electrons. The Hall–Kier alpha value is -0.640. The summed E-state index contributed by atoms with van der Waals surface area (Å²) in [5, 5.41) is 10.2. The first-order chi connectivity index (χ1) is 10.8. The van der Waals surface area contributed by atoms with Crippen LogP contribution < -0.4 is 5.73 Å². The van der Waals surface area contributed by atoms with Crippen LogP contribution in [0.4, 0.5) is 0 Å². The van der Waals surface area contributed by atoms with Crippen LogP contribution in [0.5, 0.6) is 0 Å². The van der Waals surface area contributed by atoms with E-state index in [-0.39, 0.29) is 11.5 Å². The van der Waals surface area contributed by atoms with Crippen molar-refractivity contribution in [1.82, 2.24) is 0 Å².